The Morgan fingerprint density at radius 3 is 3.04 bits per heavy atom. The summed E-state index contributed by atoms with van der Waals surface area (Å²) >= 11 is 1.71. The second-order valence-corrected chi connectivity index (χ2v) is 7.97. The summed E-state index contributed by atoms with van der Waals surface area (Å²) in [5.74, 6) is 1.92. The van der Waals surface area contributed by atoms with E-state index in [1.807, 2.05) is 12.1 Å². The number of fused-ring (bicyclic) bond motifs is 3. The van der Waals surface area contributed by atoms with Gasteiger partial charge in [-0.25, -0.2) is 9.97 Å². The lowest BCUT2D eigenvalue weighted by Crippen LogP contribution is -2.20. The van der Waals surface area contributed by atoms with Crippen molar-refractivity contribution in [1.29, 1.82) is 0 Å². The molecule has 0 aromatic carbocycles. The van der Waals surface area contributed by atoms with Crippen LogP contribution in [0, 0.1) is 6.92 Å². The molecule has 0 radical (unpaired) electrons. The summed E-state index contributed by atoms with van der Waals surface area (Å²) in [5, 5.41) is 9.20. The third-order valence-electron chi connectivity index (χ3n) is 5.04. The smallest absolute Gasteiger partial charge is 0.227 e. The first-order chi connectivity index (χ1) is 13.2. The van der Waals surface area contributed by atoms with Crippen LogP contribution in [0.15, 0.2) is 22.8 Å². The van der Waals surface area contributed by atoms with E-state index in [0.717, 1.165) is 41.7 Å². The molecule has 1 unspecified atom stereocenters. The maximum Gasteiger partial charge on any atom is 0.227 e. The number of aryl methyl sites for hydroxylation is 2. The Labute approximate surface area is 160 Å². The van der Waals surface area contributed by atoms with Crippen LogP contribution in [0.25, 0.3) is 27.4 Å². The molecule has 4 aromatic heterocycles. The van der Waals surface area contributed by atoms with Crippen LogP contribution < -0.4 is 5.32 Å². The van der Waals surface area contributed by atoms with Gasteiger partial charge in [0.05, 0.1) is 17.8 Å². The number of furan rings is 1. The van der Waals surface area contributed by atoms with Gasteiger partial charge < -0.3 is 14.5 Å². The Morgan fingerprint density at radius 2 is 2.30 bits per heavy atom. The third-order valence-corrected chi connectivity index (χ3v) is 6.08. The SMILES string of the molecule is CCc1c(C)sc2nc(NCC3CCCO3)n3nc(-c4ccco4)nc3c12. The molecule has 7 nitrogen and oxygen atoms in total. The zero-order valence-corrected chi connectivity index (χ0v) is 16.2. The fraction of sp³-hybridized carbons (Fsp3) is 0.421. The van der Waals surface area contributed by atoms with Crippen LogP contribution >= 0.6 is 11.3 Å². The first-order valence-electron chi connectivity index (χ1n) is 9.32. The van der Waals surface area contributed by atoms with Crippen LogP contribution in [-0.2, 0) is 11.2 Å². The van der Waals surface area contributed by atoms with Gasteiger partial charge in [0.15, 0.2) is 11.4 Å². The minimum atomic E-state index is 0.224. The molecule has 1 fully saturated rings. The topological polar surface area (TPSA) is 77.5 Å². The Balaban J connectivity index is 1.67. The van der Waals surface area contributed by atoms with Gasteiger partial charge in [0.1, 0.15) is 4.83 Å². The van der Waals surface area contributed by atoms with Crippen molar-refractivity contribution in [2.75, 3.05) is 18.5 Å². The van der Waals surface area contributed by atoms with Gasteiger partial charge in [-0.2, -0.15) is 4.52 Å². The number of ether oxygens (including phenoxy) is 1. The lowest BCUT2D eigenvalue weighted by Gasteiger charge is -2.12. The molecule has 0 spiro atoms. The van der Waals surface area contributed by atoms with Crippen molar-refractivity contribution in [3.05, 3.63) is 28.8 Å². The second-order valence-electron chi connectivity index (χ2n) is 6.77. The predicted octanol–water partition coefficient (Wildman–Crippen LogP) is 4.06. The number of aromatic nitrogens is 4. The van der Waals surface area contributed by atoms with E-state index in [9.17, 15) is 0 Å². The molecule has 1 N–H and O–H groups in total. The van der Waals surface area contributed by atoms with Crippen molar-refractivity contribution in [3.63, 3.8) is 0 Å². The van der Waals surface area contributed by atoms with Crippen molar-refractivity contribution in [2.24, 2.45) is 0 Å². The van der Waals surface area contributed by atoms with Gasteiger partial charge in [-0.1, -0.05) is 6.92 Å². The molecule has 5 rings (SSSR count). The molecule has 1 saturated heterocycles. The molecule has 1 aliphatic heterocycles. The van der Waals surface area contributed by atoms with Crippen LogP contribution in [0.5, 0.6) is 0 Å². The number of rotatable bonds is 5. The fourth-order valence-corrected chi connectivity index (χ4v) is 4.81. The van der Waals surface area contributed by atoms with Crippen LogP contribution in [0.2, 0.25) is 0 Å². The molecule has 8 heteroatoms. The van der Waals surface area contributed by atoms with Gasteiger partial charge in [0.2, 0.25) is 11.8 Å². The fourth-order valence-electron chi connectivity index (χ4n) is 3.70. The van der Waals surface area contributed by atoms with Gasteiger partial charge in [-0.05, 0) is 43.9 Å². The monoisotopic (exact) mass is 383 g/mol. The Morgan fingerprint density at radius 1 is 1.37 bits per heavy atom. The van der Waals surface area contributed by atoms with Crippen LogP contribution in [0.1, 0.15) is 30.2 Å². The molecule has 140 valence electrons. The quantitative estimate of drug-likeness (QED) is 0.560. The van der Waals surface area contributed by atoms with Crippen LogP contribution in [-0.4, -0.2) is 38.8 Å². The van der Waals surface area contributed by atoms with E-state index in [2.05, 4.69) is 24.3 Å². The van der Waals surface area contributed by atoms with Crippen molar-refractivity contribution < 1.29 is 9.15 Å². The van der Waals surface area contributed by atoms with Crippen molar-refractivity contribution in [3.8, 4) is 11.6 Å². The maximum absolute atomic E-state index is 5.73. The largest absolute Gasteiger partial charge is 0.461 e. The van der Waals surface area contributed by atoms with E-state index in [1.54, 1.807) is 22.1 Å². The first-order valence-corrected chi connectivity index (χ1v) is 10.1. The van der Waals surface area contributed by atoms with E-state index in [4.69, 9.17) is 19.1 Å². The highest BCUT2D eigenvalue weighted by Crippen LogP contribution is 2.34. The molecule has 1 atom stereocenters. The molecule has 1 aliphatic rings. The number of nitrogens with one attached hydrogen (secondary N) is 1. The van der Waals surface area contributed by atoms with Gasteiger partial charge in [-0.15, -0.1) is 16.4 Å². The Bertz CT molecular complexity index is 1090. The zero-order valence-electron chi connectivity index (χ0n) is 15.4. The van der Waals surface area contributed by atoms with Gasteiger partial charge in [0, 0.05) is 18.0 Å². The number of hydrogen-bond acceptors (Lipinski definition) is 7. The highest BCUT2D eigenvalue weighted by atomic mass is 32.1. The maximum atomic E-state index is 5.73. The van der Waals surface area contributed by atoms with Crippen molar-refractivity contribution in [2.45, 2.75) is 39.2 Å². The minimum absolute atomic E-state index is 0.224. The highest BCUT2D eigenvalue weighted by Gasteiger charge is 2.22. The summed E-state index contributed by atoms with van der Waals surface area (Å²) in [4.78, 5) is 11.9. The lowest BCUT2D eigenvalue weighted by atomic mass is 10.1. The molecule has 0 bridgehead atoms. The van der Waals surface area contributed by atoms with E-state index < -0.39 is 0 Å². The summed E-state index contributed by atoms with van der Waals surface area (Å²) in [7, 11) is 0. The van der Waals surface area contributed by atoms with Crippen molar-refractivity contribution in [1.82, 2.24) is 19.6 Å². The van der Waals surface area contributed by atoms with Gasteiger partial charge >= 0.3 is 0 Å². The first kappa shape index (κ1) is 16.7. The van der Waals surface area contributed by atoms with Crippen LogP contribution in [0.4, 0.5) is 5.95 Å². The summed E-state index contributed by atoms with van der Waals surface area (Å²) in [6.45, 7) is 5.86. The molecule has 27 heavy (non-hydrogen) atoms. The number of nitrogens with zero attached hydrogens (tertiary/aromatic N) is 4. The van der Waals surface area contributed by atoms with Gasteiger partial charge in [0.25, 0.3) is 0 Å². The number of hydrogen-bond donors (Lipinski definition) is 1. The van der Waals surface area contributed by atoms with E-state index in [-0.39, 0.29) is 6.10 Å². The van der Waals surface area contributed by atoms with Crippen LogP contribution in [0.3, 0.4) is 0 Å². The molecule has 5 heterocycles. The summed E-state index contributed by atoms with van der Waals surface area (Å²) in [5.41, 5.74) is 2.11. The minimum Gasteiger partial charge on any atom is -0.461 e. The predicted molar refractivity (Wildman–Crippen MR) is 105 cm³/mol. The molecule has 0 amide bonds. The Kier molecular flexibility index (Phi) is 4.09. The highest BCUT2D eigenvalue weighted by molar-refractivity contribution is 7.18. The number of anilines is 1. The van der Waals surface area contributed by atoms with E-state index >= 15 is 0 Å². The third kappa shape index (κ3) is 2.80. The van der Waals surface area contributed by atoms with E-state index in [1.165, 1.54) is 10.4 Å². The summed E-state index contributed by atoms with van der Waals surface area (Å²) in [6.07, 6.45) is 4.99. The second kappa shape index (κ2) is 6.61. The molecule has 0 aliphatic carbocycles. The molecular weight excluding hydrogens is 362 g/mol. The average Bonchev–Trinajstić information content (AvgIpc) is 3.44. The molecule has 0 saturated carbocycles. The average molecular weight is 383 g/mol. The number of thiophene rings is 1. The summed E-state index contributed by atoms with van der Waals surface area (Å²) < 4.78 is 13.0. The zero-order chi connectivity index (χ0) is 18.4. The van der Waals surface area contributed by atoms with Crippen molar-refractivity contribution >= 4 is 33.1 Å². The summed E-state index contributed by atoms with van der Waals surface area (Å²) in [6, 6.07) is 3.72. The normalized spacial score (nSPS) is 17.3. The Hall–Kier alpha value is -2.45. The molecular formula is C19H21N5O2S. The van der Waals surface area contributed by atoms with Gasteiger partial charge in [-0.3, -0.25) is 0 Å². The van der Waals surface area contributed by atoms with E-state index in [0.29, 0.717) is 24.1 Å². The lowest BCUT2D eigenvalue weighted by molar-refractivity contribution is 0.120. The molecule has 4 aromatic rings. The standard InChI is InChI=1S/C19H21N5O2S/c1-3-13-11(2)27-18-15(13)17-21-16(14-7-5-9-26-14)23-24(17)19(22-18)20-10-12-6-4-8-25-12/h5,7,9,12H,3-4,6,8,10H2,1-2H3,(H,20,22).